The first-order valence-electron chi connectivity index (χ1n) is 12.6. The van der Waals surface area contributed by atoms with Gasteiger partial charge in [-0.1, -0.05) is 15.9 Å². The first kappa shape index (κ1) is 25.9. The van der Waals surface area contributed by atoms with Crippen molar-refractivity contribution in [1.29, 1.82) is 0 Å². The number of halogens is 1. The Balaban J connectivity index is 1.69. The Morgan fingerprint density at radius 3 is 2.60 bits per heavy atom. The number of terminal acetylenes is 1. The highest BCUT2D eigenvalue weighted by molar-refractivity contribution is 7.81. The summed E-state index contributed by atoms with van der Waals surface area (Å²) in [6.45, 7) is 5.26. The van der Waals surface area contributed by atoms with Gasteiger partial charge in [-0.25, -0.2) is 0 Å². The number of hydrogen-bond acceptors (Lipinski definition) is 7. The van der Waals surface area contributed by atoms with Gasteiger partial charge in [0.15, 0.2) is 11.2 Å². The van der Waals surface area contributed by atoms with Gasteiger partial charge in [-0.2, -0.15) is 8.42 Å². The van der Waals surface area contributed by atoms with Crippen LogP contribution in [0, 0.1) is 12.3 Å². The van der Waals surface area contributed by atoms with E-state index in [1.807, 2.05) is 45.2 Å². The molecule has 4 heterocycles. The van der Waals surface area contributed by atoms with Gasteiger partial charge < -0.3 is 23.4 Å². The Labute approximate surface area is 229 Å². The first-order chi connectivity index (χ1) is 19.0. The van der Waals surface area contributed by atoms with E-state index in [4.69, 9.17) is 11.2 Å². The van der Waals surface area contributed by atoms with E-state index in [0.717, 1.165) is 30.2 Å². The number of pyridine rings is 2. The van der Waals surface area contributed by atoms with Crippen LogP contribution in [-0.2, 0) is 10.5 Å². The lowest BCUT2D eigenvalue weighted by Gasteiger charge is -2.39. The molecule has 5 aromatic rings. The molecule has 0 radical (unpaired) electrons. The summed E-state index contributed by atoms with van der Waals surface area (Å²) in [7, 11) is -3.22. The number of rotatable bonds is 6. The van der Waals surface area contributed by atoms with Crippen LogP contribution in [0.2, 0.25) is 0 Å². The Kier molecular flexibility index (Phi) is 6.05. The minimum absolute atomic E-state index is 0.0740. The normalized spacial score (nSPS) is 14.6. The van der Waals surface area contributed by atoms with E-state index < -0.39 is 10.5 Å². The number of H-pyrrole nitrogens is 1. The zero-order chi connectivity index (χ0) is 28.3. The quantitative estimate of drug-likeness (QED) is 0.240. The summed E-state index contributed by atoms with van der Waals surface area (Å²) in [6, 6.07) is 10.5. The molecular formula is C29H25FN4O5S. The third-order valence-electron chi connectivity index (χ3n) is 7.01. The minimum atomic E-state index is -5.24. The van der Waals surface area contributed by atoms with Gasteiger partial charge in [-0.05, 0) is 51.2 Å². The number of benzene rings is 2. The van der Waals surface area contributed by atoms with Crippen LogP contribution >= 0.6 is 0 Å². The third kappa shape index (κ3) is 4.45. The molecule has 0 aliphatic carbocycles. The number of hydrogen-bond donors (Lipinski definition) is 1. The van der Waals surface area contributed by atoms with Crippen LogP contribution in [0.25, 0.3) is 44.0 Å². The van der Waals surface area contributed by atoms with Crippen molar-refractivity contribution in [3.63, 3.8) is 0 Å². The smallest absolute Gasteiger partial charge is 0.488 e. The molecule has 0 saturated carbocycles. The first-order valence-corrected chi connectivity index (χ1v) is 13.9. The highest BCUT2D eigenvalue weighted by Gasteiger charge is 2.30. The van der Waals surface area contributed by atoms with Gasteiger partial charge in [-0.3, -0.25) is 9.78 Å². The van der Waals surface area contributed by atoms with Crippen molar-refractivity contribution in [2.75, 3.05) is 20.1 Å². The summed E-state index contributed by atoms with van der Waals surface area (Å²) >= 11 is 0. The molecule has 1 saturated heterocycles. The molecule has 3 aromatic heterocycles. The molecule has 0 spiro atoms. The van der Waals surface area contributed by atoms with E-state index in [1.54, 1.807) is 6.07 Å². The molecule has 40 heavy (non-hydrogen) atoms. The van der Waals surface area contributed by atoms with Crippen LogP contribution in [0.4, 0.5) is 3.89 Å². The molecule has 2 aromatic carbocycles. The molecule has 1 aliphatic rings. The summed E-state index contributed by atoms with van der Waals surface area (Å²) in [6.07, 6.45) is 7.98. The van der Waals surface area contributed by atoms with Crippen molar-refractivity contribution < 1.29 is 21.2 Å². The lowest BCUT2D eigenvalue weighted by molar-refractivity contribution is 0.146. The number of likely N-dealkylation sites (tertiary alicyclic amines) is 1. The van der Waals surface area contributed by atoms with E-state index in [2.05, 4.69) is 29.5 Å². The summed E-state index contributed by atoms with van der Waals surface area (Å²) in [5.41, 5.74) is 3.62. The predicted molar refractivity (Wildman–Crippen MR) is 152 cm³/mol. The van der Waals surface area contributed by atoms with Crippen molar-refractivity contribution in [3.8, 4) is 35.0 Å². The molecule has 1 fully saturated rings. The molecule has 6 rings (SSSR count). The maximum atomic E-state index is 14.1. The molecule has 0 unspecified atom stereocenters. The molecule has 0 bridgehead atoms. The fourth-order valence-electron chi connectivity index (χ4n) is 5.40. The molecule has 1 aliphatic heterocycles. The molecule has 204 valence electrons. The highest BCUT2D eigenvalue weighted by Crippen LogP contribution is 2.39. The SMILES string of the molecule is C#Cc1ccc2c(c1)[nH]c1c2c(=O)c2cc(OC(C)C)c(-c3cncc(OS(=O)(=O)F)c3)cc2n1C1CN(C)C1. The molecule has 9 nitrogen and oxygen atoms in total. The molecule has 0 amide bonds. The van der Waals surface area contributed by atoms with Gasteiger partial charge >= 0.3 is 10.5 Å². The number of aromatic nitrogens is 3. The zero-order valence-corrected chi connectivity index (χ0v) is 22.8. The minimum Gasteiger partial charge on any atom is -0.490 e. The van der Waals surface area contributed by atoms with Crippen LogP contribution < -0.4 is 14.3 Å². The number of fused-ring (bicyclic) bond motifs is 4. The predicted octanol–water partition coefficient (Wildman–Crippen LogP) is 4.55. The van der Waals surface area contributed by atoms with Gasteiger partial charge in [0.2, 0.25) is 0 Å². The average Bonchev–Trinajstić information content (AvgIpc) is 3.25. The van der Waals surface area contributed by atoms with Crippen molar-refractivity contribution in [2.24, 2.45) is 0 Å². The average molecular weight is 561 g/mol. The summed E-state index contributed by atoms with van der Waals surface area (Å²) < 4.78 is 48.1. The highest BCUT2D eigenvalue weighted by atomic mass is 32.3. The number of nitrogens with zero attached hydrogens (tertiary/aromatic N) is 3. The van der Waals surface area contributed by atoms with Gasteiger partial charge in [0.1, 0.15) is 11.4 Å². The lowest BCUT2D eigenvalue weighted by Crippen LogP contribution is -2.45. The molecule has 1 N–H and O–H groups in total. The Morgan fingerprint density at radius 2 is 1.93 bits per heavy atom. The maximum Gasteiger partial charge on any atom is 0.488 e. The topological polar surface area (TPSA) is 107 Å². The molecule has 0 atom stereocenters. The van der Waals surface area contributed by atoms with Crippen LogP contribution in [0.15, 0.2) is 53.6 Å². The number of nitrogens with one attached hydrogen (secondary N) is 1. The second kappa shape index (κ2) is 9.36. The standard InChI is InChI=1S/C29H25FN4O5S/c1-5-17-6-7-21-24(8-17)32-29-27(21)28(35)23-11-26(38-16(2)3)22(10-25(23)34(29)19-14-33(4)15-19)18-9-20(13-31-12-18)39-40(30,36)37/h1,6-13,16,19,32H,14-15H2,2-4H3. The maximum absolute atomic E-state index is 14.1. The van der Waals surface area contributed by atoms with Crippen LogP contribution in [0.1, 0.15) is 25.5 Å². The van der Waals surface area contributed by atoms with Crippen molar-refractivity contribution in [1.82, 2.24) is 19.4 Å². The monoisotopic (exact) mass is 560 g/mol. The van der Waals surface area contributed by atoms with E-state index >= 15 is 0 Å². The van der Waals surface area contributed by atoms with Gasteiger partial charge in [0.25, 0.3) is 0 Å². The Morgan fingerprint density at radius 1 is 1.15 bits per heavy atom. The second-order valence-corrected chi connectivity index (χ2v) is 11.2. The van der Waals surface area contributed by atoms with Gasteiger partial charge in [0, 0.05) is 46.9 Å². The van der Waals surface area contributed by atoms with E-state index in [-0.39, 0.29) is 23.3 Å². The fraction of sp³-hybridized carbons (Fsp3) is 0.241. The van der Waals surface area contributed by atoms with E-state index in [0.29, 0.717) is 44.4 Å². The van der Waals surface area contributed by atoms with Gasteiger partial charge in [-0.15, -0.1) is 6.42 Å². The Bertz CT molecular complexity index is 2040. The van der Waals surface area contributed by atoms with Crippen LogP contribution in [-0.4, -0.2) is 54.1 Å². The largest absolute Gasteiger partial charge is 0.490 e. The summed E-state index contributed by atoms with van der Waals surface area (Å²) in [5.74, 6) is 2.75. The molecular weight excluding hydrogens is 535 g/mol. The molecule has 11 heteroatoms. The number of aromatic amines is 1. The lowest BCUT2D eigenvalue weighted by atomic mass is 10.00. The van der Waals surface area contributed by atoms with Crippen molar-refractivity contribution >= 4 is 43.3 Å². The van der Waals surface area contributed by atoms with Crippen LogP contribution in [0.3, 0.4) is 0 Å². The van der Waals surface area contributed by atoms with Crippen LogP contribution in [0.5, 0.6) is 11.5 Å². The fourth-order valence-corrected chi connectivity index (χ4v) is 5.72. The van der Waals surface area contributed by atoms with E-state index in [9.17, 15) is 17.1 Å². The Hall–Kier alpha value is -4.40. The zero-order valence-electron chi connectivity index (χ0n) is 21.9. The van der Waals surface area contributed by atoms with E-state index in [1.165, 1.54) is 12.3 Å². The summed E-state index contributed by atoms with van der Waals surface area (Å²) in [5, 5.41) is 1.81. The number of likely N-dealkylation sites (N-methyl/N-ethyl adjacent to an activating group) is 1. The second-order valence-electron chi connectivity index (χ2n) is 10.2. The van der Waals surface area contributed by atoms with Crippen molar-refractivity contribution in [3.05, 3.63) is 64.6 Å². The summed E-state index contributed by atoms with van der Waals surface area (Å²) in [4.78, 5) is 23.7. The third-order valence-corrected chi connectivity index (χ3v) is 7.40. The number of ether oxygens (including phenoxy) is 1. The van der Waals surface area contributed by atoms with Gasteiger partial charge in [0.05, 0.1) is 34.6 Å². The van der Waals surface area contributed by atoms with Crippen molar-refractivity contribution in [2.45, 2.75) is 26.0 Å².